The molecule has 4 heteroatoms. The van der Waals surface area contributed by atoms with Crippen molar-refractivity contribution in [2.45, 2.75) is 31.8 Å². The van der Waals surface area contributed by atoms with Crippen molar-refractivity contribution < 1.29 is 9.18 Å². The second-order valence-corrected chi connectivity index (χ2v) is 4.88. The van der Waals surface area contributed by atoms with Crippen LogP contribution in [0.3, 0.4) is 0 Å². The molecule has 0 spiro atoms. The molecule has 1 saturated carbocycles. The Morgan fingerprint density at radius 1 is 1.44 bits per heavy atom. The number of hydrogen-bond donors (Lipinski definition) is 0. The van der Waals surface area contributed by atoms with Crippen LogP contribution in [0.4, 0.5) is 4.39 Å². The van der Waals surface area contributed by atoms with Gasteiger partial charge in [-0.25, -0.2) is 4.39 Å². The van der Waals surface area contributed by atoms with Gasteiger partial charge in [0.15, 0.2) is 0 Å². The molecule has 1 fully saturated rings. The summed E-state index contributed by atoms with van der Waals surface area (Å²) in [5.74, 6) is -0.420. The highest BCUT2D eigenvalue weighted by Crippen LogP contribution is 2.43. The quantitative estimate of drug-likeness (QED) is 0.737. The summed E-state index contributed by atoms with van der Waals surface area (Å²) in [6, 6.07) is 2.91. The fraction of sp³-hybridized carbons (Fsp3) is 0.417. The standard InChI is InChI=1S/C12H11ClFNO/c1-6-9-4-7(14)5-10(13)11(9)12(16)15(6)8-2-3-8/h4-6,8H,2-3H2,1H3. The van der Waals surface area contributed by atoms with Crippen molar-refractivity contribution in [2.24, 2.45) is 0 Å². The highest BCUT2D eigenvalue weighted by Gasteiger charge is 2.43. The molecule has 0 bridgehead atoms. The van der Waals surface area contributed by atoms with E-state index in [9.17, 15) is 9.18 Å². The predicted octanol–water partition coefficient (Wildman–Crippen LogP) is 3.16. The molecule has 1 atom stereocenters. The summed E-state index contributed by atoms with van der Waals surface area (Å²) >= 11 is 5.94. The van der Waals surface area contributed by atoms with Gasteiger partial charge in [-0.15, -0.1) is 0 Å². The van der Waals surface area contributed by atoms with Gasteiger partial charge in [-0.1, -0.05) is 11.6 Å². The van der Waals surface area contributed by atoms with E-state index in [1.807, 2.05) is 11.8 Å². The van der Waals surface area contributed by atoms with Crippen molar-refractivity contribution >= 4 is 17.5 Å². The maximum Gasteiger partial charge on any atom is 0.256 e. The minimum absolute atomic E-state index is 0.0463. The van der Waals surface area contributed by atoms with Gasteiger partial charge < -0.3 is 4.90 Å². The van der Waals surface area contributed by atoms with Crippen molar-refractivity contribution in [3.8, 4) is 0 Å². The monoisotopic (exact) mass is 239 g/mol. The van der Waals surface area contributed by atoms with E-state index < -0.39 is 0 Å². The van der Waals surface area contributed by atoms with Crippen LogP contribution >= 0.6 is 11.6 Å². The average Bonchev–Trinajstić information content (AvgIpc) is 2.97. The lowest BCUT2D eigenvalue weighted by Gasteiger charge is -2.21. The number of fused-ring (bicyclic) bond motifs is 1. The molecule has 0 radical (unpaired) electrons. The lowest BCUT2D eigenvalue weighted by Crippen LogP contribution is -2.28. The first-order valence-corrected chi connectivity index (χ1v) is 5.79. The fourth-order valence-electron chi connectivity index (χ4n) is 2.44. The van der Waals surface area contributed by atoms with E-state index in [1.165, 1.54) is 12.1 Å². The number of nitrogens with zero attached hydrogens (tertiary/aromatic N) is 1. The first-order valence-electron chi connectivity index (χ1n) is 5.41. The molecule has 16 heavy (non-hydrogen) atoms. The third-order valence-electron chi connectivity index (χ3n) is 3.34. The topological polar surface area (TPSA) is 20.3 Å². The van der Waals surface area contributed by atoms with Crippen LogP contribution in [-0.4, -0.2) is 16.8 Å². The summed E-state index contributed by atoms with van der Waals surface area (Å²) in [6.45, 7) is 1.93. The summed E-state index contributed by atoms with van der Waals surface area (Å²) in [5, 5.41) is 0.231. The maximum absolute atomic E-state index is 13.3. The van der Waals surface area contributed by atoms with Gasteiger partial charge in [-0.2, -0.15) is 0 Å². The number of hydrogen-bond acceptors (Lipinski definition) is 1. The molecule has 1 aromatic rings. The van der Waals surface area contributed by atoms with Gasteiger partial charge in [-0.05, 0) is 37.5 Å². The van der Waals surface area contributed by atoms with Crippen molar-refractivity contribution in [3.63, 3.8) is 0 Å². The average molecular weight is 240 g/mol. The predicted molar refractivity (Wildman–Crippen MR) is 59.0 cm³/mol. The number of benzene rings is 1. The van der Waals surface area contributed by atoms with Crippen LogP contribution in [0, 0.1) is 5.82 Å². The SMILES string of the molecule is CC1c2cc(F)cc(Cl)c2C(=O)N1C1CC1. The summed E-state index contributed by atoms with van der Waals surface area (Å²) in [6.07, 6.45) is 2.09. The number of carbonyl (C=O) groups is 1. The highest BCUT2D eigenvalue weighted by atomic mass is 35.5. The van der Waals surface area contributed by atoms with Crippen molar-refractivity contribution in [1.82, 2.24) is 4.90 Å². The second-order valence-electron chi connectivity index (χ2n) is 4.47. The normalized spacial score (nSPS) is 23.8. The smallest absolute Gasteiger partial charge is 0.256 e. The zero-order chi connectivity index (χ0) is 11.4. The Morgan fingerprint density at radius 2 is 2.12 bits per heavy atom. The van der Waals surface area contributed by atoms with Gasteiger partial charge in [-0.3, -0.25) is 4.79 Å². The Balaban J connectivity index is 2.14. The number of amides is 1. The molecular formula is C12H11ClFNO. The zero-order valence-corrected chi connectivity index (χ0v) is 9.59. The van der Waals surface area contributed by atoms with Crippen molar-refractivity contribution in [3.05, 3.63) is 34.1 Å². The summed E-state index contributed by atoms with van der Waals surface area (Å²) in [7, 11) is 0. The molecule has 0 N–H and O–H groups in total. The van der Waals surface area contributed by atoms with Gasteiger partial charge in [0.2, 0.25) is 0 Å². The number of carbonyl (C=O) groups excluding carboxylic acids is 1. The Hall–Kier alpha value is -1.09. The van der Waals surface area contributed by atoms with Crippen molar-refractivity contribution in [2.75, 3.05) is 0 Å². The van der Waals surface area contributed by atoms with Gasteiger partial charge in [0.25, 0.3) is 5.91 Å². The minimum atomic E-state index is -0.374. The van der Waals surface area contributed by atoms with Crippen LogP contribution in [0.25, 0.3) is 0 Å². The molecule has 1 amide bonds. The third-order valence-corrected chi connectivity index (χ3v) is 3.64. The molecule has 1 unspecified atom stereocenters. The van der Waals surface area contributed by atoms with E-state index in [0.29, 0.717) is 11.6 Å². The van der Waals surface area contributed by atoms with Crippen LogP contribution in [0.15, 0.2) is 12.1 Å². The van der Waals surface area contributed by atoms with Gasteiger partial charge in [0, 0.05) is 6.04 Å². The molecule has 1 aliphatic heterocycles. The van der Waals surface area contributed by atoms with Crippen molar-refractivity contribution in [1.29, 1.82) is 0 Å². The fourth-order valence-corrected chi connectivity index (χ4v) is 2.73. The Morgan fingerprint density at radius 3 is 2.75 bits per heavy atom. The first kappa shape index (κ1) is 10.1. The van der Waals surface area contributed by atoms with E-state index in [4.69, 9.17) is 11.6 Å². The zero-order valence-electron chi connectivity index (χ0n) is 8.84. The molecule has 1 aromatic carbocycles. The molecular weight excluding hydrogens is 229 g/mol. The number of rotatable bonds is 1. The maximum atomic E-state index is 13.3. The van der Waals surface area contributed by atoms with Crippen LogP contribution in [-0.2, 0) is 0 Å². The lowest BCUT2D eigenvalue weighted by atomic mass is 10.1. The van der Waals surface area contributed by atoms with Crippen LogP contribution < -0.4 is 0 Å². The van der Waals surface area contributed by atoms with E-state index in [2.05, 4.69) is 0 Å². The molecule has 2 aliphatic rings. The summed E-state index contributed by atoms with van der Waals surface area (Å²) in [4.78, 5) is 14.0. The van der Waals surface area contributed by atoms with E-state index in [0.717, 1.165) is 18.4 Å². The Kier molecular flexibility index (Phi) is 2.02. The van der Waals surface area contributed by atoms with Gasteiger partial charge in [0.05, 0.1) is 16.6 Å². The van der Waals surface area contributed by atoms with Crippen LogP contribution in [0.5, 0.6) is 0 Å². The van der Waals surface area contributed by atoms with Gasteiger partial charge >= 0.3 is 0 Å². The minimum Gasteiger partial charge on any atom is -0.329 e. The van der Waals surface area contributed by atoms with Crippen LogP contribution in [0.2, 0.25) is 5.02 Å². The molecule has 1 heterocycles. The van der Waals surface area contributed by atoms with E-state index in [-0.39, 0.29) is 22.8 Å². The highest BCUT2D eigenvalue weighted by molar-refractivity contribution is 6.34. The first-order chi connectivity index (χ1) is 7.59. The molecule has 0 aromatic heterocycles. The Bertz CT molecular complexity index is 484. The molecule has 1 aliphatic carbocycles. The third kappa shape index (κ3) is 1.27. The second kappa shape index (κ2) is 3.20. The number of halogens is 2. The Labute approximate surface area is 98.0 Å². The van der Waals surface area contributed by atoms with Crippen LogP contribution in [0.1, 0.15) is 41.7 Å². The van der Waals surface area contributed by atoms with E-state index >= 15 is 0 Å². The molecule has 2 nitrogen and oxygen atoms in total. The van der Waals surface area contributed by atoms with Gasteiger partial charge in [0.1, 0.15) is 5.82 Å². The summed E-state index contributed by atoms with van der Waals surface area (Å²) in [5.41, 5.74) is 1.21. The molecule has 3 rings (SSSR count). The molecule has 84 valence electrons. The molecule has 0 saturated heterocycles. The largest absolute Gasteiger partial charge is 0.329 e. The van der Waals surface area contributed by atoms with E-state index in [1.54, 1.807) is 0 Å². The summed E-state index contributed by atoms with van der Waals surface area (Å²) < 4.78 is 13.3. The lowest BCUT2D eigenvalue weighted by molar-refractivity contribution is 0.0723.